The summed E-state index contributed by atoms with van der Waals surface area (Å²) in [6.07, 6.45) is 4.46. The van der Waals surface area contributed by atoms with Crippen LogP contribution in [0.5, 0.6) is 5.88 Å². The van der Waals surface area contributed by atoms with Crippen molar-refractivity contribution in [3.05, 3.63) is 41.9 Å². The van der Waals surface area contributed by atoms with E-state index in [0.717, 1.165) is 45.7 Å². The molecule has 1 fully saturated rings. The second-order valence-electron chi connectivity index (χ2n) is 6.58. The highest BCUT2D eigenvalue weighted by Gasteiger charge is 2.23. The van der Waals surface area contributed by atoms with Crippen LogP contribution in [0.3, 0.4) is 0 Å². The molecule has 2 aromatic rings. The second-order valence-corrected chi connectivity index (χ2v) is 6.58. The third kappa shape index (κ3) is 6.56. The zero-order valence-corrected chi connectivity index (χ0v) is 17.0. The number of ether oxygens (including phenoxy) is 1. The van der Waals surface area contributed by atoms with E-state index in [1.54, 1.807) is 18.3 Å². The minimum Gasteiger partial charge on any atom is -0.483 e. The Hall–Kier alpha value is -2.94. The highest BCUT2D eigenvalue weighted by atomic mass is 16.5. The van der Waals surface area contributed by atoms with E-state index < -0.39 is 0 Å². The minimum atomic E-state index is -0.250. The first-order valence-corrected chi connectivity index (χ1v) is 9.76. The van der Waals surface area contributed by atoms with Crippen LogP contribution in [-0.2, 0) is 11.3 Å². The first-order chi connectivity index (χ1) is 14.1. The van der Waals surface area contributed by atoms with Gasteiger partial charge in [-0.2, -0.15) is 5.10 Å². The van der Waals surface area contributed by atoms with Gasteiger partial charge in [-0.05, 0) is 45.0 Å². The van der Waals surface area contributed by atoms with Crippen LogP contribution in [0.1, 0.15) is 29.4 Å². The van der Waals surface area contributed by atoms with Crippen molar-refractivity contribution in [2.24, 2.45) is 0 Å². The Morgan fingerprint density at radius 1 is 1.21 bits per heavy atom. The number of carbonyl (C=O) groups excluding carboxylic acids is 1. The summed E-state index contributed by atoms with van der Waals surface area (Å²) in [6, 6.07) is 5.60. The molecule has 9 heteroatoms. The number of aryl methyl sites for hydroxylation is 1. The Morgan fingerprint density at radius 3 is 2.69 bits per heavy atom. The number of pyridine rings is 1. The lowest BCUT2D eigenvalue weighted by molar-refractivity contribution is -0.122. The molecule has 29 heavy (non-hydrogen) atoms. The van der Waals surface area contributed by atoms with Crippen LogP contribution in [0.4, 0.5) is 0 Å². The minimum absolute atomic E-state index is 0.00585. The van der Waals surface area contributed by atoms with Gasteiger partial charge in [-0.15, -0.1) is 0 Å². The molecule has 0 spiro atoms. The Kier molecular flexibility index (Phi) is 9.10. The summed E-state index contributed by atoms with van der Waals surface area (Å²) in [4.78, 5) is 29.8. The largest absolute Gasteiger partial charge is 0.483 e. The number of carboxylic acid groups (broad SMARTS) is 1. The normalized spacial score (nSPS) is 14.5. The molecule has 2 aromatic heterocycles. The Labute approximate surface area is 170 Å². The summed E-state index contributed by atoms with van der Waals surface area (Å²) in [6.45, 7) is 9.39. The van der Waals surface area contributed by atoms with Gasteiger partial charge in [0.05, 0.1) is 13.2 Å². The first kappa shape index (κ1) is 22.4. The smallest absolute Gasteiger partial charge is 0.290 e. The van der Waals surface area contributed by atoms with Crippen molar-refractivity contribution in [3.63, 3.8) is 0 Å². The van der Waals surface area contributed by atoms with E-state index in [-0.39, 0.29) is 12.4 Å². The number of rotatable bonds is 6. The van der Waals surface area contributed by atoms with Gasteiger partial charge in [-0.1, -0.05) is 0 Å². The van der Waals surface area contributed by atoms with E-state index in [9.17, 15) is 4.79 Å². The number of amides is 1. The van der Waals surface area contributed by atoms with Crippen molar-refractivity contribution in [2.75, 3.05) is 39.3 Å². The van der Waals surface area contributed by atoms with Gasteiger partial charge in [0, 0.05) is 44.3 Å². The van der Waals surface area contributed by atoms with Crippen LogP contribution < -0.4 is 4.74 Å². The Morgan fingerprint density at radius 2 is 2.00 bits per heavy atom. The van der Waals surface area contributed by atoms with E-state index in [1.165, 1.54) is 5.69 Å². The lowest BCUT2D eigenvalue weighted by Crippen LogP contribution is -2.36. The van der Waals surface area contributed by atoms with Gasteiger partial charge in [-0.25, -0.2) is 4.98 Å². The van der Waals surface area contributed by atoms with E-state index in [2.05, 4.69) is 21.9 Å². The molecular formula is C20H29N5O4. The quantitative estimate of drug-likeness (QED) is 0.730. The maximum atomic E-state index is 12.9. The molecule has 0 aliphatic carbocycles. The summed E-state index contributed by atoms with van der Waals surface area (Å²) < 4.78 is 7.54. The van der Waals surface area contributed by atoms with E-state index in [0.29, 0.717) is 18.1 Å². The number of nitrogens with zero attached hydrogens (tertiary/aromatic N) is 5. The van der Waals surface area contributed by atoms with Crippen molar-refractivity contribution in [1.82, 2.24) is 24.6 Å². The van der Waals surface area contributed by atoms with Crippen molar-refractivity contribution in [1.29, 1.82) is 0 Å². The SMILES string of the molecule is CCOc1ncccc1C(=O)N1CCCN(CCn2nccc2C)CC1.O=CO. The van der Waals surface area contributed by atoms with Crippen LogP contribution in [0.2, 0.25) is 0 Å². The number of aromatic nitrogens is 3. The van der Waals surface area contributed by atoms with E-state index >= 15 is 0 Å². The highest BCUT2D eigenvalue weighted by Crippen LogP contribution is 2.18. The van der Waals surface area contributed by atoms with Crippen molar-refractivity contribution in [3.8, 4) is 5.88 Å². The van der Waals surface area contributed by atoms with Gasteiger partial charge in [0.25, 0.3) is 12.4 Å². The van der Waals surface area contributed by atoms with E-state index in [1.807, 2.05) is 28.8 Å². The summed E-state index contributed by atoms with van der Waals surface area (Å²) in [5.41, 5.74) is 1.73. The van der Waals surface area contributed by atoms with Crippen molar-refractivity contribution < 1.29 is 19.4 Å². The van der Waals surface area contributed by atoms with Crippen LogP contribution in [0, 0.1) is 6.92 Å². The van der Waals surface area contributed by atoms with Crippen LogP contribution in [-0.4, -0.2) is 81.4 Å². The molecule has 0 atom stereocenters. The molecule has 0 aromatic carbocycles. The topological polar surface area (TPSA) is 101 Å². The van der Waals surface area contributed by atoms with Crippen molar-refractivity contribution >= 4 is 12.4 Å². The molecule has 1 N–H and O–H groups in total. The van der Waals surface area contributed by atoms with Crippen LogP contribution in [0.15, 0.2) is 30.6 Å². The lowest BCUT2D eigenvalue weighted by atomic mass is 10.2. The van der Waals surface area contributed by atoms with E-state index in [4.69, 9.17) is 14.6 Å². The van der Waals surface area contributed by atoms with Gasteiger partial charge < -0.3 is 14.7 Å². The number of hydrogen-bond acceptors (Lipinski definition) is 6. The van der Waals surface area contributed by atoms with Gasteiger partial charge in [0.2, 0.25) is 5.88 Å². The number of carbonyl (C=O) groups is 2. The summed E-state index contributed by atoms with van der Waals surface area (Å²) in [5, 5.41) is 11.2. The molecule has 0 bridgehead atoms. The third-order valence-electron chi connectivity index (χ3n) is 4.72. The Balaban J connectivity index is 0.000000941. The predicted molar refractivity (Wildman–Crippen MR) is 108 cm³/mol. The average Bonchev–Trinajstić information content (AvgIpc) is 2.99. The monoisotopic (exact) mass is 403 g/mol. The molecule has 0 radical (unpaired) electrons. The maximum Gasteiger partial charge on any atom is 0.290 e. The lowest BCUT2D eigenvalue weighted by Gasteiger charge is -2.22. The molecule has 1 aliphatic heterocycles. The fraction of sp³-hybridized carbons (Fsp3) is 0.500. The number of hydrogen-bond donors (Lipinski definition) is 1. The molecule has 3 heterocycles. The first-order valence-electron chi connectivity index (χ1n) is 9.76. The molecule has 9 nitrogen and oxygen atoms in total. The summed E-state index contributed by atoms with van der Waals surface area (Å²) in [7, 11) is 0. The highest BCUT2D eigenvalue weighted by molar-refractivity contribution is 5.96. The summed E-state index contributed by atoms with van der Waals surface area (Å²) >= 11 is 0. The second kappa shape index (κ2) is 11.8. The predicted octanol–water partition coefficient (Wildman–Crippen LogP) is 1.53. The molecule has 3 rings (SSSR count). The molecule has 1 amide bonds. The Bertz CT molecular complexity index is 780. The summed E-state index contributed by atoms with van der Waals surface area (Å²) in [5.74, 6) is 0.432. The zero-order chi connectivity index (χ0) is 21.1. The average molecular weight is 403 g/mol. The molecular weight excluding hydrogens is 374 g/mol. The molecule has 1 saturated heterocycles. The molecule has 0 unspecified atom stereocenters. The maximum absolute atomic E-state index is 12.9. The standard InChI is InChI=1S/C19H27N5O2.CH2O2/c1-3-26-18-17(6-4-8-20-18)19(25)23-11-5-10-22(12-14-23)13-15-24-16(2)7-9-21-24;2-1-3/h4,6-9H,3,5,10-15H2,1-2H3;1H,(H,2,3). The fourth-order valence-corrected chi connectivity index (χ4v) is 3.24. The third-order valence-corrected chi connectivity index (χ3v) is 4.72. The van der Waals surface area contributed by atoms with Crippen LogP contribution in [0.25, 0.3) is 0 Å². The molecule has 0 saturated carbocycles. The van der Waals surface area contributed by atoms with Crippen LogP contribution >= 0.6 is 0 Å². The van der Waals surface area contributed by atoms with Gasteiger partial charge >= 0.3 is 0 Å². The van der Waals surface area contributed by atoms with Crippen molar-refractivity contribution in [2.45, 2.75) is 26.8 Å². The van der Waals surface area contributed by atoms with Gasteiger partial charge in [-0.3, -0.25) is 19.2 Å². The molecule has 158 valence electrons. The molecule has 1 aliphatic rings. The zero-order valence-electron chi connectivity index (χ0n) is 17.0. The van der Waals surface area contributed by atoms with Gasteiger partial charge in [0.1, 0.15) is 5.56 Å². The fourth-order valence-electron chi connectivity index (χ4n) is 3.24. The van der Waals surface area contributed by atoms with Gasteiger partial charge in [0.15, 0.2) is 0 Å².